The number of esters is 1. The minimum Gasteiger partial charge on any atom is -0.482 e. The number of nitrogens with one attached hydrogen (secondary N) is 1. The minimum absolute atomic E-state index is 0.172. The lowest BCUT2D eigenvalue weighted by atomic mass is 9.78. The molecule has 1 N–H and O–H groups in total. The van der Waals surface area contributed by atoms with Crippen LogP contribution >= 0.6 is 0 Å². The van der Waals surface area contributed by atoms with Crippen molar-refractivity contribution in [1.29, 1.82) is 0 Å². The van der Waals surface area contributed by atoms with Crippen molar-refractivity contribution >= 4 is 11.9 Å². The second-order valence-electron chi connectivity index (χ2n) is 6.20. The molecule has 0 aromatic heterocycles. The highest BCUT2D eigenvalue weighted by Crippen LogP contribution is 2.29. The van der Waals surface area contributed by atoms with Crippen LogP contribution in [0.1, 0.15) is 33.1 Å². The van der Waals surface area contributed by atoms with Gasteiger partial charge in [0.25, 0.3) is 5.91 Å². The summed E-state index contributed by atoms with van der Waals surface area (Å²) in [5, 5.41) is 2.97. The molecule has 0 heterocycles. The van der Waals surface area contributed by atoms with Crippen LogP contribution in [-0.4, -0.2) is 31.1 Å². The Morgan fingerprint density at radius 1 is 1.13 bits per heavy atom. The molecule has 1 aliphatic carbocycles. The van der Waals surface area contributed by atoms with Gasteiger partial charge in [-0.25, -0.2) is 4.79 Å². The zero-order valence-corrected chi connectivity index (χ0v) is 13.8. The Morgan fingerprint density at radius 3 is 2.61 bits per heavy atom. The molecule has 23 heavy (non-hydrogen) atoms. The van der Waals surface area contributed by atoms with Crippen molar-refractivity contribution in [1.82, 2.24) is 5.32 Å². The van der Waals surface area contributed by atoms with Gasteiger partial charge in [0.05, 0.1) is 0 Å². The van der Waals surface area contributed by atoms with Crippen molar-refractivity contribution in [2.75, 3.05) is 13.2 Å². The summed E-state index contributed by atoms with van der Waals surface area (Å²) in [6, 6.07) is 9.19. The number of para-hydroxylation sites is 1. The van der Waals surface area contributed by atoms with E-state index in [0.717, 1.165) is 12.8 Å². The number of hydrogen-bond acceptors (Lipinski definition) is 4. The monoisotopic (exact) mass is 319 g/mol. The first-order chi connectivity index (χ1) is 11.1. The zero-order chi connectivity index (χ0) is 16.7. The van der Waals surface area contributed by atoms with E-state index < -0.39 is 5.97 Å². The molecule has 0 spiro atoms. The maximum absolute atomic E-state index is 11.9. The summed E-state index contributed by atoms with van der Waals surface area (Å²) in [7, 11) is 0. The Morgan fingerprint density at radius 2 is 1.87 bits per heavy atom. The molecule has 5 nitrogen and oxygen atoms in total. The lowest BCUT2D eigenvalue weighted by Gasteiger charge is -2.34. The van der Waals surface area contributed by atoms with Crippen molar-refractivity contribution < 1.29 is 19.1 Å². The number of rotatable bonds is 6. The highest BCUT2D eigenvalue weighted by molar-refractivity contribution is 5.81. The predicted octanol–water partition coefficient (Wildman–Crippen LogP) is 2.55. The third kappa shape index (κ3) is 5.58. The topological polar surface area (TPSA) is 64.6 Å². The number of ether oxygens (including phenoxy) is 2. The number of amides is 1. The first-order valence-corrected chi connectivity index (χ1v) is 8.19. The average molecular weight is 319 g/mol. The van der Waals surface area contributed by atoms with Crippen LogP contribution in [0.15, 0.2) is 30.3 Å². The molecule has 1 aromatic carbocycles. The molecule has 1 fully saturated rings. The van der Waals surface area contributed by atoms with E-state index in [1.54, 1.807) is 12.1 Å². The van der Waals surface area contributed by atoms with Crippen molar-refractivity contribution in [3.05, 3.63) is 30.3 Å². The number of hydrogen-bond donors (Lipinski definition) is 1. The van der Waals surface area contributed by atoms with Gasteiger partial charge in [-0.05, 0) is 30.4 Å². The fourth-order valence-electron chi connectivity index (χ4n) is 2.88. The van der Waals surface area contributed by atoms with Crippen LogP contribution in [0.25, 0.3) is 0 Å². The van der Waals surface area contributed by atoms with Crippen LogP contribution in [0.2, 0.25) is 0 Å². The van der Waals surface area contributed by atoms with Crippen LogP contribution < -0.4 is 10.1 Å². The molecule has 1 aliphatic rings. The Balaban J connectivity index is 1.66. The normalized spacial score (nSPS) is 23.8. The summed E-state index contributed by atoms with van der Waals surface area (Å²) in [5.41, 5.74) is 0. The van der Waals surface area contributed by atoms with Crippen molar-refractivity contribution in [2.24, 2.45) is 11.8 Å². The Kier molecular flexibility index (Phi) is 6.44. The van der Waals surface area contributed by atoms with Gasteiger partial charge in [-0.1, -0.05) is 44.9 Å². The van der Waals surface area contributed by atoms with E-state index in [0.29, 0.717) is 17.6 Å². The van der Waals surface area contributed by atoms with E-state index in [1.807, 2.05) is 18.2 Å². The second kappa shape index (κ2) is 8.56. The molecule has 0 aliphatic heterocycles. The summed E-state index contributed by atoms with van der Waals surface area (Å²) < 4.78 is 10.2. The molecular weight excluding hydrogens is 294 g/mol. The lowest BCUT2D eigenvalue weighted by molar-refractivity contribution is -0.150. The third-order valence-electron chi connectivity index (χ3n) is 4.52. The van der Waals surface area contributed by atoms with E-state index in [1.165, 1.54) is 6.42 Å². The highest BCUT2D eigenvalue weighted by atomic mass is 16.6. The van der Waals surface area contributed by atoms with Gasteiger partial charge < -0.3 is 14.8 Å². The van der Waals surface area contributed by atoms with E-state index in [4.69, 9.17) is 9.47 Å². The van der Waals surface area contributed by atoms with Gasteiger partial charge in [0.2, 0.25) is 0 Å². The molecule has 0 saturated heterocycles. The summed E-state index contributed by atoms with van der Waals surface area (Å²) in [5.74, 6) is 0.859. The maximum atomic E-state index is 11.9. The number of benzene rings is 1. The molecule has 3 atom stereocenters. The highest BCUT2D eigenvalue weighted by Gasteiger charge is 2.28. The van der Waals surface area contributed by atoms with Gasteiger partial charge in [0.15, 0.2) is 13.2 Å². The van der Waals surface area contributed by atoms with Crippen LogP contribution in [0, 0.1) is 11.8 Å². The summed E-state index contributed by atoms with van der Waals surface area (Å²) >= 11 is 0. The minimum atomic E-state index is -0.547. The van der Waals surface area contributed by atoms with Gasteiger partial charge in [0, 0.05) is 6.04 Å². The van der Waals surface area contributed by atoms with Gasteiger partial charge in [-0.2, -0.15) is 0 Å². The Labute approximate surface area is 137 Å². The van der Waals surface area contributed by atoms with Gasteiger partial charge >= 0.3 is 5.97 Å². The number of carbonyl (C=O) groups is 2. The zero-order valence-electron chi connectivity index (χ0n) is 13.8. The molecule has 0 bridgehead atoms. The molecule has 126 valence electrons. The number of carbonyl (C=O) groups excluding carboxylic acids is 2. The van der Waals surface area contributed by atoms with Gasteiger partial charge in [-0.15, -0.1) is 0 Å². The van der Waals surface area contributed by atoms with Crippen LogP contribution in [0.5, 0.6) is 5.75 Å². The SMILES string of the molecule is C[C@H]1[C@H](C)CCC[C@@H]1NC(=O)COC(=O)COc1ccccc1. The largest absolute Gasteiger partial charge is 0.482 e. The quantitative estimate of drug-likeness (QED) is 0.819. The molecular formula is C18H25NO4. The van der Waals surface area contributed by atoms with Crippen molar-refractivity contribution in [2.45, 2.75) is 39.2 Å². The molecule has 2 rings (SSSR count). The smallest absolute Gasteiger partial charge is 0.344 e. The first-order valence-electron chi connectivity index (χ1n) is 8.19. The predicted molar refractivity (Wildman–Crippen MR) is 87.0 cm³/mol. The van der Waals surface area contributed by atoms with Crippen LogP contribution in [0.4, 0.5) is 0 Å². The molecule has 1 saturated carbocycles. The van der Waals surface area contributed by atoms with E-state index in [-0.39, 0.29) is 25.2 Å². The standard InChI is InChI=1S/C18H25NO4/c1-13-7-6-10-16(14(13)2)19-17(20)11-23-18(21)12-22-15-8-4-3-5-9-15/h3-5,8-9,13-14,16H,6-7,10-12H2,1-2H3,(H,19,20)/t13-,14+,16+/m1/s1. The Bertz CT molecular complexity index is 517. The summed E-state index contributed by atoms with van der Waals surface area (Å²) in [6.45, 7) is 3.92. The molecule has 5 heteroatoms. The summed E-state index contributed by atoms with van der Waals surface area (Å²) in [6.07, 6.45) is 3.32. The summed E-state index contributed by atoms with van der Waals surface area (Å²) in [4.78, 5) is 23.5. The van der Waals surface area contributed by atoms with Crippen LogP contribution in [0.3, 0.4) is 0 Å². The molecule has 0 radical (unpaired) electrons. The van der Waals surface area contributed by atoms with Crippen molar-refractivity contribution in [3.8, 4) is 5.75 Å². The first kappa shape index (κ1) is 17.3. The van der Waals surface area contributed by atoms with Crippen LogP contribution in [-0.2, 0) is 14.3 Å². The third-order valence-corrected chi connectivity index (χ3v) is 4.52. The average Bonchev–Trinajstić information content (AvgIpc) is 2.56. The van der Waals surface area contributed by atoms with Crippen molar-refractivity contribution in [3.63, 3.8) is 0 Å². The molecule has 1 aromatic rings. The molecule has 1 amide bonds. The fraction of sp³-hybridized carbons (Fsp3) is 0.556. The van der Waals surface area contributed by atoms with E-state index >= 15 is 0 Å². The Hall–Kier alpha value is -2.04. The van der Waals surface area contributed by atoms with Gasteiger partial charge in [0.1, 0.15) is 5.75 Å². The fourth-order valence-corrected chi connectivity index (χ4v) is 2.88. The van der Waals surface area contributed by atoms with Gasteiger partial charge in [-0.3, -0.25) is 4.79 Å². The van der Waals surface area contributed by atoms with E-state index in [9.17, 15) is 9.59 Å². The lowest BCUT2D eigenvalue weighted by Crippen LogP contribution is -2.45. The molecule has 0 unspecified atom stereocenters. The van der Waals surface area contributed by atoms with E-state index in [2.05, 4.69) is 19.2 Å². The maximum Gasteiger partial charge on any atom is 0.344 e. The second-order valence-corrected chi connectivity index (χ2v) is 6.20.